The molecule has 0 bridgehead atoms. The first-order chi connectivity index (χ1) is 9.69. The van der Waals surface area contributed by atoms with E-state index in [1.165, 1.54) is 0 Å². The molecule has 0 amide bonds. The van der Waals surface area contributed by atoms with Gasteiger partial charge in [-0.1, -0.05) is 12.1 Å². The highest BCUT2D eigenvalue weighted by molar-refractivity contribution is 5.46. The summed E-state index contributed by atoms with van der Waals surface area (Å²) in [5.74, 6) is 2.76. The lowest BCUT2D eigenvalue weighted by atomic mass is 10.3. The van der Waals surface area contributed by atoms with Crippen LogP contribution in [0.2, 0.25) is 0 Å². The largest absolute Gasteiger partial charge is 0.369 e. The standard InChI is InChI=1S/C13H20N6O/c1-4-6-15-13-16-8-9(2)12(18-13)14-7-5-11-17-10(3)19-20-11/h8H,4-7H2,1-3H3,(H2,14,15,16,18). The van der Waals surface area contributed by atoms with Crippen molar-refractivity contribution < 1.29 is 4.52 Å². The molecule has 0 spiro atoms. The lowest BCUT2D eigenvalue weighted by Crippen LogP contribution is -2.11. The molecule has 108 valence electrons. The molecule has 2 N–H and O–H groups in total. The molecule has 0 fully saturated rings. The highest BCUT2D eigenvalue weighted by Gasteiger charge is 2.05. The number of hydrogen-bond donors (Lipinski definition) is 2. The summed E-state index contributed by atoms with van der Waals surface area (Å²) in [6, 6.07) is 0. The van der Waals surface area contributed by atoms with E-state index >= 15 is 0 Å². The second kappa shape index (κ2) is 6.83. The van der Waals surface area contributed by atoms with Crippen molar-refractivity contribution in [1.82, 2.24) is 20.1 Å². The zero-order valence-corrected chi connectivity index (χ0v) is 12.1. The van der Waals surface area contributed by atoms with Crippen LogP contribution < -0.4 is 10.6 Å². The second-order valence-corrected chi connectivity index (χ2v) is 4.56. The molecule has 0 radical (unpaired) electrons. The first kappa shape index (κ1) is 14.2. The van der Waals surface area contributed by atoms with Gasteiger partial charge in [0.15, 0.2) is 5.82 Å². The summed E-state index contributed by atoms with van der Waals surface area (Å²) in [7, 11) is 0. The van der Waals surface area contributed by atoms with Crippen molar-refractivity contribution >= 4 is 11.8 Å². The Bertz CT molecular complexity index is 554. The van der Waals surface area contributed by atoms with Crippen LogP contribution in [0.15, 0.2) is 10.7 Å². The van der Waals surface area contributed by atoms with E-state index < -0.39 is 0 Å². The monoisotopic (exact) mass is 276 g/mol. The highest BCUT2D eigenvalue weighted by Crippen LogP contribution is 2.12. The molecule has 0 aliphatic carbocycles. The molecule has 0 unspecified atom stereocenters. The van der Waals surface area contributed by atoms with Gasteiger partial charge >= 0.3 is 0 Å². The molecule has 0 aliphatic rings. The zero-order chi connectivity index (χ0) is 14.4. The minimum atomic E-state index is 0.631. The topological polar surface area (TPSA) is 88.8 Å². The van der Waals surface area contributed by atoms with Crippen molar-refractivity contribution in [2.75, 3.05) is 23.7 Å². The van der Waals surface area contributed by atoms with Crippen molar-refractivity contribution in [3.8, 4) is 0 Å². The summed E-state index contributed by atoms with van der Waals surface area (Å²) in [5.41, 5.74) is 1.01. The number of hydrogen-bond acceptors (Lipinski definition) is 7. The Hall–Kier alpha value is -2.18. The lowest BCUT2D eigenvalue weighted by Gasteiger charge is -2.09. The van der Waals surface area contributed by atoms with Gasteiger partial charge in [-0.05, 0) is 20.3 Å². The van der Waals surface area contributed by atoms with Crippen LogP contribution in [0.25, 0.3) is 0 Å². The Morgan fingerprint density at radius 2 is 2.00 bits per heavy atom. The van der Waals surface area contributed by atoms with Gasteiger partial charge in [0.1, 0.15) is 5.82 Å². The van der Waals surface area contributed by atoms with Gasteiger partial charge in [0.2, 0.25) is 11.8 Å². The number of anilines is 2. The van der Waals surface area contributed by atoms with Gasteiger partial charge in [0.25, 0.3) is 0 Å². The number of nitrogens with zero attached hydrogens (tertiary/aromatic N) is 4. The van der Waals surface area contributed by atoms with Gasteiger partial charge in [-0.25, -0.2) is 4.98 Å². The van der Waals surface area contributed by atoms with E-state index in [0.717, 1.165) is 24.3 Å². The molecule has 2 aromatic heterocycles. The maximum Gasteiger partial charge on any atom is 0.228 e. The lowest BCUT2D eigenvalue weighted by molar-refractivity contribution is 0.377. The van der Waals surface area contributed by atoms with Gasteiger partial charge in [-0.3, -0.25) is 0 Å². The molecule has 0 aromatic carbocycles. The summed E-state index contributed by atoms with van der Waals surface area (Å²) < 4.78 is 5.06. The van der Waals surface area contributed by atoms with Crippen molar-refractivity contribution in [1.29, 1.82) is 0 Å². The SMILES string of the molecule is CCCNc1ncc(C)c(NCCc2nc(C)no2)n1. The minimum absolute atomic E-state index is 0.631. The van der Waals surface area contributed by atoms with Gasteiger partial charge in [-0.15, -0.1) is 0 Å². The molecular formula is C13H20N6O. The molecule has 20 heavy (non-hydrogen) atoms. The van der Waals surface area contributed by atoms with Gasteiger partial charge in [0.05, 0.1) is 0 Å². The fourth-order valence-corrected chi connectivity index (χ4v) is 1.67. The fraction of sp³-hybridized carbons (Fsp3) is 0.538. The predicted octanol–water partition coefficient (Wildman–Crippen LogP) is 1.95. The zero-order valence-electron chi connectivity index (χ0n) is 12.1. The van der Waals surface area contributed by atoms with E-state index in [1.54, 1.807) is 6.92 Å². The van der Waals surface area contributed by atoms with Crippen LogP contribution in [0, 0.1) is 13.8 Å². The maximum absolute atomic E-state index is 5.06. The molecule has 0 aliphatic heterocycles. The highest BCUT2D eigenvalue weighted by atomic mass is 16.5. The van der Waals surface area contributed by atoms with Crippen LogP contribution >= 0.6 is 0 Å². The molecule has 0 saturated heterocycles. The minimum Gasteiger partial charge on any atom is -0.369 e. The Morgan fingerprint density at radius 1 is 1.15 bits per heavy atom. The van der Waals surface area contributed by atoms with Gasteiger partial charge in [0, 0.05) is 31.3 Å². The Kier molecular flexibility index (Phi) is 4.86. The number of aryl methyl sites for hydroxylation is 2. The molecule has 2 heterocycles. The molecule has 0 saturated carbocycles. The number of rotatable bonds is 7. The van der Waals surface area contributed by atoms with Crippen molar-refractivity contribution in [3.63, 3.8) is 0 Å². The van der Waals surface area contributed by atoms with Crippen molar-refractivity contribution in [3.05, 3.63) is 23.5 Å². The predicted molar refractivity (Wildman–Crippen MR) is 76.8 cm³/mol. The third-order valence-corrected chi connectivity index (χ3v) is 2.71. The van der Waals surface area contributed by atoms with Crippen LogP contribution in [0.1, 0.15) is 30.6 Å². The Morgan fingerprint density at radius 3 is 2.70 bits per heavy atom. The second-order valence-electron chi connectivity index (χ2n) is 4.56. The summed E-state index contributed by atoms with van der Waals surface area (Å²) in [5, 5.41) is 10.2. The van der Waals surface area contributed by atoms with Crippen LogP contribution in [-0.2, 0) is 6.42 Å². The first-order valence-corrected chi connectivity index (χ1v) is 6.79. The average Bonchev–Trinajstić information content (AvgIpc) is 2.85. The summed E-state index contributed by atoms with van der Waals surface area (Å²) in [6.45, 7) is 7.44. The summed E-state index contributed by atoms with van der Waals surface area (Å²) in [4.78, 5) is 12.8. The third kappa shape index (κ3) is 3.91. The maximum atomic E-state index is 5.06. The molecule has 2 aromatic rings. The first-order valence-electron chi connectivity index (χ1n) is 6.79. The smallest absolute Gasteiger partial charge is 0.228 e. The molecule has 7 heteroatoms. The van der Waals surface area contributed by atoms with Crippen LogP contribution in [-0.4, -0.2) is 33.2 Å². The van der Waals surface area contributed by atoms with Crippen LogP contribution in [0.5, 0.6) is 0 Å². The van der Waals surface area contributed by atoms with Crippen LogP contribution in [0.3, 0.4) is 0 Å². The number of nitrogens with one attached hydrogen (secondary N) is 2. The molecule has 0 atom stereocenters. The van der Waals surface area contributed by atoms with E-state index in [4.69, 9.17) is 4.52 Å². The van der Waals surface area contributed by atoms with Gasteiger partial charge < -0.3 is 15.2 Å². The molecule has 7 nitrogen and oxygen atoms in total. The summed E-state index contributed by atoms with van der Waals surface area (Å²) in [6.07, 6.45) is 3.52. The van der Waals surface area contributed by atoms with E-state index in [1.807, 2.05) is 13.1 Å². The fourth-order valence-electron chi connectivity index (χ4n) is 1.67. The average molecular weight is 276 g/mol. The third-order valence-electron chi connectivity index (χ3n) is 2.71. The van der Waals surface area contributed by atoms with E-state index in [9.17, 15) is 0 Å². The van der Waals surface area contributed by atoms with Crippen LogP contribution in [0.4, 0.5) is 11.8 Å². The van der Waals surface area contributed by atoms with Crippen molar-refractivity contribution in [2.24, 2.45) is 0 Å². The van der Waals surface area contributed by atoms with E-state index in [-0.39, 0.29) is 0 Å². The quantitative estimate of drug-likeness (QED) is 0.799. The van der Waals surface area contributed by atoms with E-state index in [2.05, 4.69) is 37.7 Å². The Balaban J connectivity index is 1.90. The molecular weight excluding hydrogens is 256 g/mol. The van der Waals surface area contributed by atoms with Gasteiger partial charge in [-0.2, -0.15) is 9.97 Å². The van der Waals surface area contributed by atoms with E-state index in [0.29, 0.717) is 30.6 Å². The Labute approximate surface area is 118 Å². The molecule has 2 rings (SSSR count). The summed E-state index contributed by atoms with van der Waals surface area (Å²) >= 11 is 0. The number of aromatic nitrogens is 4. The van der Waals surface area contributed by atoms with Crippen molar-refractivity contribution in [2.45, 2.75) is 33.6 Å². The normalized spacial score (nSPS) is 10.6.